The van der Waals surface area contributed by atoms with Crippen molar-refractivity contribution >= 4 is 28.4 Å². The van der Waals surface area contributed by atoms with E-state index >= 15 is 0 Å². The Kier molecular flexibility index (Phi) is 5.24. The highest BCUT2D eigenvalue weighted by atomic mass is 16.1. The number of Topliss-reactive ketones (excluding diaryl/α,β-unsaturated/α-hetero) is 1. The predicted octanol–water partition coefficient (Wildman–Crippen LogP) is 5.34. The molecule has 1 fully saturated rings. The maximum atomic E-state index is 12.3. The SMILES string of the molecule is CC(=O)c1cccc(-c2ccc3c(NC(=O)CCC4CCCC4)n[nH]c3c2)c1. The average molecular weight is 375 g/mol. The summed E-state index contributed by atoms with van der Waals surface area (Å²) in [6, 6.07) is 13.5. The van der Waals surface area contributed by atoms with Gasteiger partial charge in [0.15, 0.2) is 11.6 Å². The Labute approximate surface area is 164 Å². The number of benzene rings is 2. The van der Waals surface area contributed by atoms with Gasteiger partial charge in [0.25, 0.3) is 0 Å². The Morgan fingerprint density at radius 2 is 1.89 bits per heavy atom. The number of fused-ring (bicyclic) bond motifs is 1. The lowest BCUT2D eigenvalue weighted by Crippen LogP contribution is -2.13. The van der Waals surface area contributed by atoms with Gasteiger partial charge in [-0.1, -0.05) is 49.9 Å². The van der Waals surface area contributed by atoms with Gasteiger partial charge in [0, 0.05) is 17.4 Å². The van der Waals surface area contributed by atoms with Crippen LogP contribution in [0.3, 0.4) is 0 Å². The first-order valence-electron chi connectivity index (χ1n) is 9.99. The number of hydrogen-bond donors (Lipinski definition) is 2. The summed E-state index contributed by atoms with van der Waals surface area (Å²) >= 11 is 0. The molecule has 4 rings (SSSR count). The number of H-pyrrole nitrogens is 1. The highest BCUT2D eigenvalue weighted by Crippen LogP contribution is 2.30. The van der Waals surface area contributed by atoms with Gasteiger partial charge in [-0.15, -0.1) is 0 Å². The molecule has 0 radical (unpaired) electrons. The smallest absolute Gasteiger partial charge is 0.225 e. The van der Waals surface area contributed by atoms with Gasteiger partial charge in [-0.2, -0.15) is 5.10 Å². The fraction of sp³-hybridized carbons (Fsp3) is 0.348. The molecule has 1 amide bonds. The van der Waals surface area contributed by atoms with Crippen molar-refractivity contribution in [1.82, 2.24) is 10.2 Å². The summed E-state index contributed by atoms with van der Waals surface area (Å²) in [6.07, 6.45) is 6.63. The van der Waals surface area contributed by atoms with E-state index in [9.17, 15) is 9.59 Å². The minimum absolute atomic E-state index is 0.0264. The third-order valence-corrected chi connectivity index (χ3v) is 5.68. The normalized spacial score (nSPS) is 14.5. The summed E-state index contributed by atoms with van der Waals surface area (Å²) in [6.45, 7) is 1.57. The third-order valence-electron chi connectivity index (χ3n) is 5.68. The number of carbonyl (C=O) groups excluding carboxylic acids is 2. The number of nitrogens with one attached hydrogen (secondary N) is 2. The molecule has 2 N–H and O–H groups in total. The first-order chi connectivity index (χ1) is 13.6. The molecule has 144 valence electrons. The second kappa shape index (κ2) is 7.97. The predicted molar refractivity (Wildman–Crippen MR) is 111 cm³/mol. The fourth-order valence-electron chi connectivity index (χ4n) is 4.04. The second-order valence-electron chi connectivity index (χ2n) is 7.71. The van der Waals surface area contributed by atoms with E-state index in [2.05, 4.69) is 15.5 Å². The maximum absolute atomic E-state index is 12.3. The van der Waals surface area contributed by atoms with Crippen molar-refractivity contribution in [2.24, 2.45) is 5.92 Å². The molecule has 0 aliphatic heterocycles. The van der Waals surface area contributed by atoms with Crippen molar-refractivity contribution in [2.75, 3.05) is 5.32 Å². The van der Waals surface area contributed by atoms with E-state index in [-0.39, 0.29) is 11.7 Å². The van der Waals surface area contributed by atoms with Gasteiger partial charge in [-0.25, -0.2) is 0 Å². The molecule has 5 nitrogen and oxygen atoms in total. The number of hydrogen-bond acceptors (Lipinski definition) is 3. The van der Waals surface area contributed by atoms with Gasteiger partial charge in [0.2, 0.25) is 5.91 Å². The lowest BCUT2D eigenvalue weighted by atomic mass is 10.0. The number of anilines is 1. The van der Waals surface area contributed by atoms with E-state index in [1.165, 1.54) is 25.7 Å². The zero-order chi connectivity index (χ0) is 19.5. The van der Waals surface area contributed by atoms with E-state index in [0.717, 1.165) is 28.5 Å². The number of aromatic nitrogens is 2. The highest BCUT2D eigenvalue weighted by molar-refractivity contribution is 6.01. The molecular formula is C23H25N3O2. The van der Waals surface area contributed by atoms with Crippen LogP contribution < -0.4 is 5.32 Å². The van der Waals surface area contributed by atoms with E-state index in [1.54, 1.807) is 6.92 Å². The Hall–Kier alpha value is -2.95. The Balaban J connectivity index is 1.49. The topological polar surface area (TPSA) is 74.8 Å². The van der Waals surface area contributed by atoms with Crippen molar-refractivity contribution in [1.29, 1.82) is 0 Å². The van der Waals surface area contributed by atoms with Crippen molar-refractivity contribution in [3.63, 3.8) is 0 Å². The zero-order valence-electron chi connectivity index (χ0n) is 16.1. The average Bonchev–Trinajstić information content (AvgIpc) is 3.36. The maximum Gasteiger partial charge on any atom is 0.225 e. The number of ketones is 1. The van der Waals surface area contributed by atoms with Crippen LogP contribution in [0.15, 0.2) is 42.5 Å². The fourth-order valence-corrected chi connectivity index (χ4v) is 4.04. The summed E-state index contributed by atoms with van der Waals surface area (Å²) in [5.41, 5.74) is 3.53. The molecule has 1 aliphatic rings. The number of amides is 1. The van der Waals surface area contributed by atoms with Crippen LogP contribution in [0.1, 0.15) is 55.8 Å². The molecule has 5 heteroatoms. The molecule has 0 unspecified atom stereocenters. The lowest BCUT2D eigenvalue weighted by molar-refractivity contribution is -0.116. The molecule has 3 aromatic rings. The molecule has 0 atom stereocenters. The van der Waals surface area contributed by atoms with Crippen LogP contribution >= 0.6 is 0 Å². The van der Waals surface area contributed by atoms with Gasteiger partial charge in [0.1, 0.15) is 0 Å². The minimum atomic E-state index is 0.0264. The van der Waals surface area contributed by atoms with Gasteiger partial charge in [-0.3, -0.25) is 14.7 Å². The van der Waals surface area contributed by atoms with Crippen LogP contribution in [-0.2, 0) is 4.79 Å². The van der Waals surface area contributed by atoms with Crippen LogP contribution in [0.25, 0.3) is 22.0 Å². The molecule has 0 spiro atoms. The van der Waals surface area contributed by atoms with Crippen LogP contribution in [0.2, 0.25) is 0 Å². The third kappa shape index (κ3) is 3.98. The van der Waals surface area contributed by atoms with E-state index in [4.69, 9.17) is 0 Å². The minimum Gasteiger partial charge on any atom is -0.309 e. The summed E-state index contributed by atoms with van der Waals surface area (Å²) in [4.78, 5) is 23.9. The molecule has 1 heterocycles. The quantitative estimate of drug-likeness (QED) is 0.571. The molecular weight excluding hydrogens is 350 g/mol. The zero-order valence-corrected chi connectivity index (χ0v) is 16.1. The number of rotatable bonds is 6. The van der Waals surface area contributed by atoms with E-state index < -0.39 is 0 Å². The molecule has 1 aromatic heterocycles. The molecule has 1 saturated carbocycles. The van der Waals surface area contributed by atoms with Crippen LogP contribution in [0, 0.1) is 5.92 Å². The van der Waals surface area contributed by atoms with E-state index in [0.29, 0.717) is 23.7 Å². The monoisotopic (exact) mass is 375 g/mol. The Morgan fingerprint density at radius 1 is 1.11 bits per heavy atom. The number of aromatic amines is 1. The summed E-state index contributed by atoms with van der Waals surface area (Å²) in [7, 11) is 0. The second-order valence-corrected chi connectivity index (χ2v) is 7.71. The molecule has 2 aromatic carbocycles. The van der Waals surface area contributed by atoms with Gasteiger partial charge >= 0.3 is 0 Å². The number of carbonyl (C=O) groups is 2. The van der Waals surface area contributed by atoms with Crippen molar-refractivity contribution in [3.05, 3.63) is 48.0 Å². The standard InChI is InChI=1S/C23H25N3O2/c1-15(27)17-7-4-8-18(13-17)19-10-11-20-21(14-19)25-26-23(20)24-22(28)12-9-16-5-2-3-6-16/h4,7-8,10-11,13-14,16H,2-3,5-6,9,12H2,1H3,(H2,24,25,26,28). The molecule has 0 bridgehead atoms. The van der Waals surface area contributed by atoms with Gasteiger partial charge in [0.05, 0.1) is 5.52 Å². The van der Waals surface area contributed by atoms with Crippen molar-refractivity contribution in [3.8, 4) is 11.1 Å². The number of nitrogens with zero attached hydrogens (tertiary/aromatic N) is 1. The first kappa shape index (κ1) is 18.4. The Morgan fingerprint density at radius 3 is 2.68 bits per heavy atom. The Bertz CT molecular complexity index is 1020. The van der Waals surface area contributed by atoms with Gasteiger partial charge in [-0.05, 0) is 48.6 Å². The largest absolute Gasteiger partial charge is 0.309 e. The molecule has 0 saturated heterocycles. The summed E-state index contributed by atoms with van der Waals surface area (Å²) < 4.78 is 0. The van der Waals surface area contributed by atoms with Crippen LogP contribution in [0.4, 0.5) is 5.82 Å². The van der Waals surface area contributed by atoms with Crippen molar-refractivity contribution in [2.45, 2.75) is 45.4 Å². The molecule has 28 heavy (non-hydrogen) atoms. The van der Waals surface area contributed by atoms with Crippen LogP contribution in [-0.4, -0.2) is 21.9 Å². The van der Waals surface area contributed by atoms with Gasteiger partial charge < -0.3 is 5.32 Å². The van der Waals surface area contributed by atoms with Crippen LogP contribution in [0.5, 0.6) is 0 Å². The summed E-state index contributed by atoms with van der Waals surface area (Å²) in [5.74, 6) is 1.36. The highest BCUT2D eigenvalue weighted by Gasteiger charge is 2.17. The molecule has 1 aliphatic carbocycles. The first-order valence-corrected chi connectivity index (χ1v) is 9.99. The van der Waals surface area contributed by atoms with Crippen molar-refractivity contribution < 1.29 is 9.59 Å². The summed E-state index contributed by atoms with van der Waals surface area (Å²) in [5, 5.41) is 11.1. The van der Waals surface area contributed by atoms with E-state index in [1.807, 2.05) is 42.5 Å². The lowest BCUT2D eigenvalue weighted by Gasteiger charge is -2.08.